The summed E-state index contributed by atoms with van der Waals surface area (Å²) in [5.74, 6) is -4.30. The molecule has 4 N–H and O–H groups in total. The molecule has 0 fully saturated rings. The fraction of sp³-hybridized carbons (Fsp3) is 0.300. The third-order valence-electron chi connectivity index (χ3n) is 2.39. The normalized spacial score (nSPS) is 13.8. The molecular formula is C10H12BF2NO4. The summed E-state index contributed by atoms with van der Waals surface area (Å²) in [6.07, 6.45) is -0.371. The van der Waals surface area contributed by atoms with Crippen LogP contribution in [0.1, 0.15) is 12.5 Å². The molecule has 0 aliphatic heterocycles. The van der Waals surface area contributed by atoms with E-state index in [2.05, 4.69) is 4.65 Å². The van der Waals surface area contributed by atoms with Crippen molar-refractivity contribution >= 4 is 13.7 Å². The first-order valence-corrected chi connectivity index (χ1v) is 5.02. The van der Waals surface area contributed by atoms with Crippen LogP contribution in [0.5, 0.6) is 5.75 Å². The first kappa shape index (κ1) is 14.4. The van der Waals surface area contributed by atoms with Gasteiger partial charge in [0, 0.05) is 6.42 Å². The van der Waals surface area contributed by atoms with Crippen LogP contribution in [0.15, 0.2) is 12.1 Å². The molecule has 1 aromatic carbocycles. The summed E-state index contributed by atoms with van der Waals surface area (Å²) in [5, 5.41) is 17.3. The lowest BCUT2D eigenvalue weighted by molar-refractivity contribution is -0.142. The highest BCUT2D eigenvalue weighted by Crippen LogP contribution is 2.24. The Hall–Kier alpha value is -1.67. The molecule has 8 heteroatoms. The largest absolute Gasteiger partial charge is 0.537 e. The van der Waals surface area contributed by atoms with Crippen molar-refractivity contribution in [2.24, 2.45) is 5.73 Å². The van der Waals surface area contributed by atoms with Crippen LogP contribution >= 0.6 is 0 Å². The Labute approximate surface area is 102 Å². The predicted molar refractivity (Wildman–Crippen MR) is 60.3 cm³/mol. The van der Waals surface area contributed by atoms with E-state index in [9.17, 15) is 13.6 Å². The van der Waals surface area contributed by atoms with Gasteiger partial charge in [0.2, 0.25) is 0 Å². The number of carboxylic acid groups (broad SMARTS) is 1. The summed E-state index contributed by atoms with van der Waals surface area (Å²) in [6.45, 7) is 1.20. The van der Waals surface area contributed by atoms with E-state index >= 15 is 0 Å². The van der Waals surface area contributed by atoms with Gasteiger partial charge in [-0.25, -0.2) is 4.39 Å². The Morgan fingerprint density at radius 1 is 1.50 bits per heavy atom. The molecule has 0 amide bonds. The van der Waals surface area contributed by atoms with E-state index in [0.29, 0.717) is 0 Å². The molecule has 1 aromatic rings. The highest BCUT2D eigenvalue weighted by molar-refractivity contribution is 6.17. The molecule has 0 heterocycles. The molecule has 0 unspecified atom stereocenters. The predicted octanol–water partition coefficient (Wildman–Crippen LogP) is -0.0531. The average Bonchev–Trinajstić information content (AvgIpc) is 2.28. The average molecular weight is 259 g/mol. The van der Waals surface area contributed by atoms with Crippen LogP contribution in [-0.4, -0.2) is 29.3 Å². The van der Waals surface area contributed by atoms with E-state index in [1.54, 1.807) is 0 Å². The van der Waals surface area contributed by atoms with Gasteiger partial charge in [-0.1, -0.05) is 6.07 Å². The maximum Gasteiger partial charge on any atom is 0.504 e. The smallest absolute Gasteiger partial charge is 0.504 e. The van der Waals surface area contributed by atoms with Crippen LogP contribution in [0, 0.1) is 11.6 Å². The fourth-order valence-corrected chi connectivity index (χ4v) is 1.36. The minimum absolute atomic E-state index is 0.176. The van der Waals surface area contributed by atoms with E-state index in [-0.39, 0.29) is 12.0 Å². The summed E-state index contributed by atoms with van der Waals surface area (Å²) in [5.41, 5.74) is 3.57. The third-order valence-corrected chi connectivity index (χ3v) is 2.39. The maximum absolute atomic E-state index is 13.6. The van der Waals surface area contributed by atoms with E-state index in [4.69, 9.17) is 15.9 Å². The Morgan fingerprint density at radius 2 is 2.11 bits per heavy atom. The van der Waals surface area contributed by atoms with E-state index in [1.807, 2.05) is 0 Å². The molecule has 5 nitrogen and oxygen atoms in total. The summed E-state index contributed by atoms with van der Waals surface area (Å²) in [7, 11) is -0.792. The number of aliphatic carboxylic acids is 1. The second kappa shape index (κ2) is 5.32. The molecule has 0 aromatic heterocycles. The minimum atomic E-state index is -1.70. The van der Waals surface area contributed by atoms with Gasteiger partial charge in [0.25, 0.3) is 0 Å². The summed E-state index contributed by atoms with van der Waals surface area (Å²) in [4.78, 5) is 10.8. The number of carbonyl (C=O) groups is 1. The summed E-state index contributed by atoms with van der Waals surface area (Å²) in [6, 6.07) is 2.26. The van der Waals surface area contributed by atoms with Crippen LogP contribution in [0.25, 0.3) is 0 Å². The van der Waals surface area contributed by atoms with Gasteiger partial charge in [0.05, 0.1) is 0 Å². The molecule has 0 saturated heterocycles. The highest BCUT2D eigenvalue weighted by Gasteiger charge is 2.30. The minimum Gasteiger partial charge on any atom is -0.537 e. The lowest BCUT2D eigenvalue weighted by Gasteiger charge is -2.19. The number of benzene rings is 1. The fourth-order valence-electron chi connectivity index (χ4n) is 1.36. The van der Waals surface area contributed by atoms with Crippen molar-refractivity contribution in [2.45, 2.75) is 18.9 Å². The number of rotatable bonds is 5. The number of carboxylic acids is 1. The zero-order valence-corrected chi connectivity index (χ0v) is 9.61. The number of nitrogens with two attached hydrogens (primary N) is 1. The van der Waals surface area contributed by atoms with Crippen molar-refractivity contribution in [3.63, 3.8) is 0 Å². The molecule has 0 spiro atoms. The maximum atomic E-state index is 13.6. The van der Waals surface area contributed by atoms with Crippen LogP contribution in [0.3, 0.4) is 0 Å². The SMILES string of the molecule is C[C@](N)(Cc1ccc(OBO)c(F)c1F)C(=O)O. The molecule has 1 atom stereocenters. The molecule has 0 aliphatic rings. The lowest BCUT2D eigenvalue weighted by atomic mass is 9.93. The Bertz CT molecular complexity index is 467. The van der Waals surface area contributed by atoms with Crippen molar-refractivity contribution in [3.8, 4) is 5.75 Å². The van der Waals surface area contributed by atoms with Gasteiger partial charge in [-0.15, -0.1) is 0 Å². The topological polar surface area (TPSA) is 92.8 Å². The number of hydrogen-bond acceptors (Lipinski definition) is 4. The van der Waals surface area contributed by atoms with Gasteiger partial charge in [-0.3, -0.25) is 4.79 Å². The third kappa shape index (κ3) is 2.96. The van der Waals surface area contributed by atoms with Crippen molar-refractivity contribution in [3.05, 3.63) is 29.3 Å². The van der Waals surface area contributed by atoms with Crippen molar-refractivity contribution in [2.75, 3.05) is 0 Å². The van der Waals surface area contributed by atoms with Crippen molar-refractivity contribution in [1.29, 1.82) is 0 Å². The highest BCUT2D eigenvalue weighted by atomic mass is 19.2. The second-order valence-corrected chi connectivity index (χ2v) is 4.02. The zero-order valence-electron chi connectivity index (χ0n) is 9.61. The molecular weight excluding hydrogens is 247 g/mol. The molecule has 0 aliphatic carbocycles. The molecule has 0 bridgehead atoms. The zero-order chi connectivity index (χ0) is 13.9. The van der Waals surface area contributed by atoms with Crippen molar-refractivity contribution < 1.29 is 28.4 Å². The van der Waals surface area contributed by atoms with E-state index in [0.717, 1.165) is 12.1 Å². The van der Waals surface area contributed by atoms with Gasteiger partial charge in [0.1, 0.15) is 11.3 Å². The molecule has 1 rings (SSSR count). The Morgan fingerprint density at radius 3 is 2.61 bits per heavy atom. The van der Waals surface area contributed by atoms with Gasteiger partial charge in [-0.05, 0) is 18.6 Å². The van der Waals surface area contributed by atoms with Gasteiger partial charge < -0.3 is 20.5 Å². The van der Waals surface area contributed by atoms with Crippen LogP contribution < -0.4 is 10.4 Å². The standard InChI is InChI=1S/C10H12BF2NO4/c1-10(14,9(15)16)4-5-2-3-6(18-11-17)8(13)7(5)12/h2-3,11,17H,4,14H2,1H3,(H,15,16)/t10-/m0/s1. The first-order valence-electron chi connectivity index (χ1n) is 5.02. The lowest BCUT2D eigenvalue weighted by Crippen LogP contribution is -2.47. The Kier molecular flexibility index (Phi) is 4.26. The number of hydrogen-bond donors (Lipinski definition) is 3. The van der Waals surface area contributed by atoms with E-state index in [1.165, 1.54) is 6.92 Å². The van der Waals surface area contributed by atoms with Gasteiger partial charge >= 0.3 is 13.7 Å². The van der Waals surface area contributed by atoms with Gasteiger partial charge in [-0.2, -0.15) is 4.39 Å². The van der Waals surface area contributed by atoms with Crippen LogP contribution in [0.2, 0.25) is 0 Å². The quantitative estimate of drug-likeness (QED) is 0.644. The molecule has 98 valence electrons. The monoisotopic (exact) mass is 259 g/mol. The van der Waals surface area contributed by atoms with Crippen molar-refractivity contribution in [1.82, 2.24) is 0 Å². The molecule has 18 heavy (non-hydrogen) atoms. The van der Waals surface area contributed by atoms with E-state index < -0.39 is 36.6 Å². The molecule has 0 saturated carbocycles. The second-order valence-electron chi connectivity index (χ2n) is 4.02. The van der Waals surface area contributed by atoms with Crippen LogP contribution in [-0.2, 0) is 11.2 Å². The van der Waals surface area contributed by atoms with Crippen LogP contribution in [0.4, 0.5) is 8.78 Å². The summed E-state index contributed by atoms with van der Waals surface area (Å²) < 4.78 is 31.5. The molecule has 0 radical (unpaired) electrons. The van der Waals surface area contributed by atoms with Gasteiger partial charge in [0.15, 0.2) is 11.6 Å². The number of halogens is 2. The summed E-state index contributed by atoms with van der Waals surface area (Å²) >= 11 is 0. The Balaban J connectivity index is 3.06. The first-order chi connectivity index (χ1) is 8.29.